The van der Waals surface area contributed by atoms with E-state index in [-0.39, 0.29) is 18.0 Å². The summed E-state index contributed by atoms with van der Waals surface area (Å²) in [5, 5.41) is 3.50. The van der Waals surface area contributed by atoms with E-state index in [1.165, 1.54) is 32.1 Å². The maximum Gasteiger partial charge on any atom is 0.126 e. The molecule has 0 aliphatic heterocycles. The highest BCUT2D eigenvalue weighted by Gasteiger charge is 2.31. The van der Waals surface area contributed by atoms with Crippen LogP contribution in [0.4, 0.5) is 4.39 Å². The highest BCUT2D eigenvalue weighted by Crippen LogP contribution is 2.34. The van der Waals surface area contributed by atoms with Crippen LogP contribution in [0, 0.1) is 18.7 Å². The largest absolute Gasteiger partial charge is 0.379 e. The average molecular weight is 293 g/mol. The summed E-state index contributed by atoms with van der Waals surface area (Å²) < 4.78 is 19.8. The van der Waals surface area contributed by atoms with Gasteiger partial charge >= 0.3 is 0 Å². The number of hydrogen-bond acceptors (Lipinski definition) is 2. The van der Waals surface area contributed by atoms with Crippen molar-refractivity contribution in [3.05, 3.63) is 35.1 Å². The van der Waals surface area contributed by atoms with Gasteiger partial charge in [-0.3, -0.25) is 0 Å². The number of ether oxygens (including phenoxy) is 1. The van der Waals surface area contributed by atoms with Crippen LogP contribution in [-0.2, 0) is 4.74 Å². The summed E-state index contributed by atoms with van der Waals surface area (Å²) in [7, 11) is 1.79. The van der Waals surface area contributed by atoms with Gasteiger partial charge in [-0.15, -0.1) is 0 Å². The van der Waals surface area contributed by atoms with E-state index in [0.29, 0.717) is 11.5 Å². The molecule has 0 amide bonds. The summed E-state index contributed by atoms with van der Waals surface area (Å²) in [4.78, 5) is 0. The number of halogens is 1. The molecule has 0 spiro atoms. The molecule has 0 saturated heterocycles. The Morgan fingerprint density at radius 2 is 2.00 bits per heavy atom. The summed E-state index contributed by atoms with van der Waals surface area (Å²) in [6.07, 6.45) is 6.45. The highest BCUT2D eigenvalue weighted by atomic mass is 19.1. The molecule has 2 unspecified atom stereocenters. The minimum Gasteiger partial charge on any atom is -0.379 e. The molecule has 1 N–H and O–H groups in total. The maximum absolute atomic E-state index is 13.9. The van der Waals surface area contributed by atoms with Gasteiger partial charge in [0.25, 0.3) is 0 Å². The Balaban J connectivity index is 2.23. The number of benzene rings is 1. The fourth-order valence-corrected chi connectivity index (χ4v) is 3.51. The SMILES string of the molecule is CCNC(c1ccc(C)c(F)c1)C(OC)C1CCCCC1. The van der Waals surface area contributed by atoms with Crippen molar-refractivity contribution in [1.29, 1.82) is 0 Å². The summed E-state index contributed by atoms with van der Waals surface area (Å²) >= 11 is 0. The monoisotopic (exact) mass is 293 g/mol. The number of aryl methyl sites for hydroxylation is 1. The average Bonchev–Trinajstić information content (AvgIpc) is 2.51. The van der Waals surface area contributed by atoms with E-state index in [9.17, 15) is 4.39 Å². The molecular weight excluding hydrogens is 265 g/mol. The third-order valence-corrected chi connectivity index (χ3v) is 4.69. The van der Waals surface area contributed by atoms with E-state index < -0.39 is 0 Å². The quantitative estimate of drug-likeness (QED) is 0.840. The van der Waals surface area contributed by atoms with Crippen molar-refractivity contribution in [2.24, 2.45) is 5.92 Å². The van der Waals surface area contributed by atoms with E-state index >= 15 is 0 Å². The van der Waals surface area contributed by atoms with Gasteiger partial charge in [0.2, 0.25) is 0 Å². The smallest absolute Gasteiger partial charge is 0.126 e. The van der Waals surface area contributed by atoms with Crippen LogP contribution in [0.5, 0.6) is 0 Å². The second-order valence-electron chi connectivity index (χ2n) is 6.14. The van der Waals surface area contributed by atoms with Crippen LogP contribution in [0.1, 0.15) is 56.2 Å². The molecule has 0 aromatic heterocycles. The van der Waals surface area contributed by atoms with Crippen LogP contribution < -0.4 is 5.32 Å². The van der Waals surface area contributed by atoms with Crippen LogP contribution in [-0.4, -0.2) is 19.8 Å². The zero-order valence-electron chi connectivity index (χ0n) is 13.5. The molecule has 1 saturated carbocycles. The second kappa shape index (κ2) is 7.90. The fraction of sp³-hybridized carbons (Fsp3) is 0.667. The summed E-state index contributed by atoms with van der Waals surface area (Å²) in [6.45, 7) is 4.74. The van der Waals surface area contributed by atoms with Gasteiger partial charge in [-0.1, -0.05) is 38.3 Å². The number of nitrogens with one attached hydrogen (secondary N) is 1. The normalized spacial score (nSPS) is 19.4. The zero-order chi connectivity index (χ0) is 15.2. The molecule has 1 aromatic carbocycles. The van der Waals surface area contributed by atoms with Crippen molar-refractivity contribution in [2.75, 3.05) is 13.7 Å². The van der Waals surface area contributed by atoms with Crippen LogP contribution >= 0.6 is 0 Å². The lowest BCUT2D eigenvalue weighted by Gasteiger charge is -2.35. The van der Waals surface area contributed by atoms with Crippen LogP contribution in [0.3, 0.4) is 0 Å². The lowest BCUT2D eigenvalue weighted by atomic mass is 9.81. The number of hydrogen-bond donors (Lipinski definition) is 1. The zero-order valence-corrected chi connectivity index (χ0v) is 13.5. The molecule has 2 atom stereocenters. The predicted molar refractivity (Wildman–Crippen MR) is 84.9 cm³/mol. The second-order valence-corrected chi connectivity index (χ2v) is 6.14. The summed E-state index contributed by atoms with van der Waals surface area (Å²) in [5.74, 6) is 0.436. The maximum atomic E-state index is 13.9. The predicted octanol–water partition coefficient (Wildman–Crippen LogP) is 4.38. The first-order valence-corrected chi connectivity index (χ1v) is 8.19. The molecule has 1 aromatic rings. The van der Waals surface area contributed by atoms with Gasteiger partial charge in [0.1, 0.15) is 5.82 Å². The Bertz CT molecular complexity index is 443. The molecule has 1 fully saturated rings. The Labute approximate surface area is 128 Å². The minimum absolute atomic E-state index is 0.0678. The van der Waals surface area contributed by atoms with Crippen molar-refractivity contribution < 1.29 is 9.13 Å². The van der Waals surface area contributed by atoms with Gasteiger partial charge in [0.05, 0.1) is 12.1 Å². The van der Waals surface area contributed by atoms with Crippen molar-refractivity contribution in [1.82, 2.24) is 5.32 Å². The van der Waals surface area contributed by atoms with Gasteiger partial charge in [-0.2, -0.15) is 0 Å². The third-order valence-electron chi connectivity index (χ3n) is 4.69. The van der Waals surface area contributed by atoms with E-state index in [2.05, 4.69) is 12.2 Å². The molecule has 21 heavy (non-hydrogen) atoms. The van der Waals surface area contributed by atoms with Gasteiger partial charge in [0, 0.05) is 7.11 Å². The Hall–Kier alpha value is -0.930. The number of methoxy groups -OCH3 is 1. The lowest BCUT2D eigenvalue weighted by Crippen LogP contribution is -2.39. The standard InChI is InChI=1S/C18H28FNO/c1-4-20-17(15-11-10-13(2)16(19)12-15)18(21-3)14-8-6-5-7-9-14/h10-12,14,17-18,20H,4-9H2,1-3H3. The van der Waals surface area contributed by atoms with E-state index in [1.54, 1.807) is 20.1 Å². The van der Waals surface area contributed by atoms with Crippen molar-refractivity contribution in [2.45, 2.75) is 58.1 Å². The van der Waals surface area contributed by atoms with Crippen molar-refractivity contribution >= 4 is 0 Å². The molecule has 2 nitrogen and oxygen atoms in total. The number of likely N-dealkylation sites (N-methyl/N-ethyl adjacent to an activating group) is 1. The third kappa shape index (κ3) is 4.04. The molecule has 118 valence electrons. The Kier molecular flexibility index (Phi) is 6.19. The first-order valence-electron chi connectivity index (χ1n) is 8.19. The van der Waals surface area contributed by atoms with E-state index in [1.807, 2.05) is 12.1 Å². The van der Waals surface area contributed by atoms with Crippen LogP contribution in [0.15, 0.2) is 18.2 Å². The van der Waals surface area contributed by atoms with E-state index in [4.69, 9.17) is 4.74 Å². The minimum atomic E-state index is -0.131. The first kappa shape index (κ1) is 16.4. The molecule has 2 rings (SSSR count). The molecule has 0 heterocycles. The molecule has 0 bridgehead atoms. The van der Waals surface area contributed by atoms with Crippen molar-refractivity contribution in [3.63, 3.8) is 0 Å². The molecule has 1 aliphatic rings. The van der Waals surface area contributed by atoms with Crippen LogP contribution in [0.25, 0.3) is 0 Å². The molecular formula is C18H28FNO. The molecule has 3 heteroatoms. The van der Waals surface area contributed by atoms with E-state index in [0.717, 1.165) is 12.1 Å². The molecule has 0 radical (unpaired) electrons. The first-order chi connectivity index (χ1) is 10.2. The van der Waals surface area contributed by atoms with Gasteiger partial charge in [-0.25, -0.2) is 4.39 Å². The van der Waals surface area contributed by atoms with Crippen LogP contribution in [0.2, 0.25) is 0 Å². The summed E-state index contributed by atoms with van der Waals surface area (Å²) in [6, 6.07) is 5.62. The Morgan fingerprint density at radius 1 is 1.29 bits per heavy atom. The highest BCUT2D eigenvalue weighted by molar-refractivity contribution is 5.27. The molecule has 1 aliphatic carbocycles. The van der Waals surface area contributed by atoms with Gasteiger partial charge in [-0.05, 0) is 49.4 Å². The topological polar surface area (TPSA) is 21.3 Å². The number of rotatable bonds is 6. The fourth-order valence-electron chi connectivity index (χ4n) is 3.51. The van der Waals surface area contributed by atoms with Crippen molar-refractivity contribution in [3.8, 4) is 0 Å². The van der Waals surface area contributed by atoms with Gasteiger partial charge in [0.15, 0.2) is 0 Å². The van der Waals surface area contributed by atoms with Gasteiger partial charge < -0.3 is 10.1 Å². The summed E-state index contributed by atoms with van der Waals surface area (Å²) in [5.41, 5.74) is 1.69. The Morgan fingerprint density at radius 3 is 2.57 bits per heavy atom. The lowest BCUT2D eigenvalue weighted by molar-refractivity contribution is 0.00785.